The predicted molar refractivity (Wildman–Crippen MR) is 44.3 cm³/mol. The SMILES string of the molecule is CC1(C)CCC(O)CC1(C)O. The van der Waals surface area contributed by atoms with Gasteiger partial charge in [-0.3, -0.25) is 0 Å². The van der Waals surface area contributed by atoms with E-state index in [1.807, 2.05) is 6.92 Å². The molecule has 0 radical (unpaired) electrons. The summed E-state index contributed by atoms with van der Waals surface area (Å²) >= 11 is 0. The minimum atomic E-state index is -0.704. The summed E-state index contributed by atoms with van der Waals surface area (Å²) in [6.45, 7) is 5.92. The van der Waals surface area contributed by atoms with E-state index < -0.39 is 5.60 Å². The van der Waals surface area contributed by atoms with Crippen LogP contribution in [-0.4, -0.2) is 21.9 Å². The van der Waals surface area contributed by atoms with E-state index in [4.69, 9.17) is 0 Å². The van der Waals surface area contributed by atoms with Crippen molar-refractivity contribution in [1.82, 2.24) is 0 Å². The summed E-state index contributed by atoms with van der Waals surface area (Å²) in [4.78, 5) is 0. The van der Waals surface area contributed by atoms with Crippen LogP contribution in [0.25, 0.3) is 0 Å². The van der Waals surface area contributed by atoms with Crippen LogP contribution in [0, 0.1) is 5.41 Å². The van der Waals surface area contributed by atoms with Crippen molar-refractivity contribution in [3.63, 3.8) is 0 Å². The van der Waals surface area contributed by atoms with Gasteiger partial charge in [0.25, 0.3) is 0 Å². The highest BCUT2D eigenvalue weighted by Crippen LogP contribution is 2.43. The van der Waals surface area contributed by atoms with Crippen molar-refractivity contribution < 1.29 is 10.2 Å². The third kappa shape index (κ3) is 1.57. The smallest absolute Gasteiger partial charge is 0.0695 e. The van der Waals surface area contributed by atoms with Gasteiger partial charge in [0, 0.05) is 6.42 Å². The lowest BCUT2D eigenvalue weighted by molar-refractivity contribution is -0.116. The maximum Gasteiger partial charge on any atom is 0.0695 e. The van der Waals surface area contributed by atoms with E-state index in [0.717, 1.165) is 12.8 Å². The third-order valence-corrected chi connectivity index (χ3v) is 3.19. The Morgan fingerprint density at radius 1 is 1.27 bits per heavy atom. The number of aliphatic hydroxyl groups is 2. The van der Waals surface area contributed by atoms with E-state index in [2.05, 4.69) is 13.8 Å². The molecular weight excluding hydrogens is 140 g/mol. The normalized spacial score (nSPS) is 43.9. The first-order valence-electron chi connectivity index (χ1n) is 4.26. The Hall–Kier alpha value is -0.0800. The summed E-state index contributed by atoms with van der Waals surface area (Å²) in [5, 5.41) is 19.2. The quantitative estimate of drug-likeness (QED) is 0.558. The summed E-state index contributed by atoms with van der Waals surface area (Å²) < 4.78 is 0. The molecule has 2 nitrogen and oxygen atoms in total. The van der Waals surface area contributed by atoms with Gasteiger partial charge in [0.05, 0.1) is 11.7 Å². The van der Waals surface area contributed by atoms with Crippen molar-refractivity contribution in [2.24, 2.45) is 5.41 Å². The van der Waals surface area contributed by atoms with Crippen LogP contribution < -0.4 is 0 Å². The zero-order valence-corrected chi connectivity index (χ0v) is 7.59. The molecular formula is C9H18O2. The second kappa shape index (κ2) is 2.46. The molecule has 1 saturated carbocycles. The van der Waals surface area contributed by atoms with Crippen LogP contribution in [0.1, 0.15) is 40.0 Å². The van der Waals surface area contributed by atoms with Gasteiger partial charge in [-0.05, 0) is 25.2 Å². The lowest BCUT2D eigenvalue weighted by Gasteiger charge is -2.45. The molecule has 2 heteroatoms. The van der Waals surface area contributed by atoms with Crippen LogP contribution in [0.5, 0.6) is 0 Å². The van der Waals surface area contributed by atoms with E-state index in [0.29, 0.717) is 6.42 Å². The fourth-order valence-corrected chi connectivity index (χ4v) is 1.63. The topological polar surface area (TPSA) is 40.5 Å². The first-order valence-corrected chi connectivity index (χ1v) is 4.26. The Morgan fingerprint density at radius 3 is 2.18 bits per heavy atom. The second-order valence-corrected chi connectivity index (χ2v) is 4.55. The van der Waals surface area contributed by atoms with Crippen LogP contribution in [0.4, 0.5) is 0 Å². The fourth-order valence-electron chi connectivity index (χ4n) is 1.63. The molecule has 11 heavy (non-hydrogen) atoms. The molecule has 0 bridgehead atoms. The molecule has 1 aliphatic carbocycles. The number of hydrogen-bond donors (Lipinski definition) is 2. The predicted octanol–water partition coefficient (Wildman–Crippen LogP) is 1.31. The lowest BCUT2D eigenvalue weighted by Crippen LogP contribution is -2.48. The van der Waals surface area contributed by atoms with Crippen molar-refractivity contribution in [2.45, 2.75) is 51.7 Å². The summed E-state index contributed by atoms with van der Waals surface area (Å²) in [5.41, 5.74) is -0.753. The zero-order valence-electron chi connectivity index (χ0n) is 7.59. The first-order chi connectivity index (χ1) is 4.85. The van der Waals surface area contributed by atoms with Crippen molar-refractivity contribution >= 4 is 0 Å². The van der Waals surface area contributed by atoms with E-state index >= 15 is 0 Å². The highest BCUT2D eigenvalue weighted by molar-refractivity contribution is 4.95. The largest absolute Gasteiger partial charge is 0.393 e. The molecule has 0 saturated heterocycles. The van der Waals surface area contributed by atoms with Crippen LogP contribution in [0.15, 0.2) is 0 Å². The van der Waals surface area contributed by atoms with Gasteiger partial charge in [-0.1, -0.05) is 13.8 Å². The Balaban J connectivity index is 2.72. The molecule has 2 unspecified atom stereocenters. The van der Waals surface area contributed by atoms with E-state index in [1.54, 1.807) is 0 Å². The molecule has 0 heterocycles. The third-order valence-electron chi connectivity index (χ3n) is 3.19. The van der Waals surface area contributed by atoms with Gasteiger partial charge in [0.2, 0.25) is 0 Å². The summed E-state index contributed by atoms with van der Waals surface area (Å²) in [6.07, 6.45) is 1.93. The van der Waals surface area contributed by atoms with E-state index in [1.165, 1.54) is 0 Å². The van der Waals surface area contributed by atoms with Crippen molar-refractivity contribution in [3.8, 4) is 0 Å². The van der Waals surface area contributed by atoms with Crippen molar-refractivity contribution in [3.05, 3.63) is 0 Å². The highest BCUT2D eigenvalue weighted by atomic mass is 16.3. The highest BCUT2D eigenvalue weighted by Gasteiger charge is 2.43. The molecule has 1 rings (SSSR count). The molecule has 2 N–H and O–H groups in total. The van der Waals surface area contributed by atoms with Gasteiger partial charge in [0.1, 0.15) is 0 Å². The molecule has 66 valence electrons. The maximum absolute atomic E-state index is 9.91. The maximum atomic E-state index is 9.91. The van der Waals surface area contributed by atoms with Gasteiger partial charge in [-0.25, -0.2) is 0 Å². The zero-order chi connectivity index (χ0) is 8.70. The molecule has 1 fully saturated rings. The van der Waals surface area contributed by atoms with Gasteiger partial charge in [0.15, 0.2) is 0 Å². The summed E-state index contributed by atoms with van der Waals surface area (Å²) in [7, 11) is 0. The van der Waals surface area contributed by atoms with Gasteiger partial charge in [-0.15, -0.1) is 0 Å². The van der Waals surface area contributed by atoms with Crippen LogP contribution in [0.3, 0.4) is 0 Å². The molecule has 1 aliphatic rings. The molecule has 0 spiro atoms. The minimum absolute atomic E-state index is 0.0494. The summed E-state index contributed by atoms with van der Waals surface area (Å²) in [5.74, 6) is 0. The molecule has 0 aromatic heterocycles. The number of hydrogen-bond acceptors (Lipinski definition) is 2. The van der Waals surface area contributed by atoms with E-state index in [9.17, 15) is 10.2 Å². The molecule has 0 amide bonds. The van der Waals surface area contributed by atoms with Crippen molar-refractivity contribution in [1.29, 1.82) is 0 Å². The van der Waals surface area contributed by atoms with Gasteiger partial charge < -0.3 is 10.2 Å². The van der Waals surface area contributed by atoms with Gasteiger partial charge in [-0.2, -0.15) is 0 Å². The summed E-state index contributed by atoms with van der Waals surface area (Å²) in [6, 6.07) is 0. The van der Waals surface area contributed by atoms with Crippen LogP contribution in [-0.2, 0) is 0 Å². The lowest BCUT2D eigenvalue weighted by atomic mass is 9.65. The first kappa shape index (κ1) is 9.01. The Labute approximate surface area is 68.2 Å². The Morgan fingerprint density at radius 2 is 1.82 bits per heavy atom. The molecule has 2 atom stereocenters. The number of rotatable bonds is 0. The minimum Gasteiger partial charge on any atom is -0.393 e. The van der Waals surface area contributed by atoms with Crippen molar-refractivity contribution in [2.75, 3.05) is 0 Å². The molecule has 0 aromatic carbocycles. The molecule has 0 aromatic rings. The van der Waals surface area contributed by atoms with Crippen LogP contribution >= 0.6 is 0 Å². The average Bonchev–Trinajstić information content (AvgIpc) is 1.80. The van der Waals surface area contributed by atoms with Crippen LogP contribution in [0.2, 0.25) is 0 Å². The second-order valence-electron chi connectivity index (χ2n) is 4.55. The van der Waals surface area contributed by atoms with E-state index in [-0.39, 0.29) is 11.5 Å². The monoisotopic (exact) mass is 158 g/mol. The Bertz CT molecular complexity index is 150. The number of aliphatic hydroxyl groups excluding tert-OH is 1. The molecule has 0 aliphatic heterocycles. The standard InChI is InChI=1S/C9H18O2/c1-8(2)5-4-7(10)6-9(8,3)11/h7,10-11H,4-6H2,1-3H3. The average molecular weight is 158 g/mol. The fraction of sp³-hybridized carbons (Fsp3) is 1.00. The van der Waals surface area contributed by atoms with Gasteiger partial charge >= 0.3 is 0 Å². The Kier molecular flexibility index (Phi) is 2.01.